The molecule has 1 aliphatic rings. The Labute approximate surface area is 109 Å². The van der Waals surface area contributed by atoms with Crippen LogP contribution in [0.3, 0.4) is 0 Å². The average molecular weight is 266 g/mol. The average Bonchev–Trinajstić information content (AvgIpc) is 2.78. The van der Waals surface area contributed by atoms with Crippen LogP contribution in [0.15, 0.2) is 24.3 Å². The molecule has 0 aliphatic carbocycles. The van der Waals surface area contributed by atoms with Crippen LogP contribution in [0.4, 0.5) is 15.3 Å². The standard InChI is InChI=1S/C12H14N2O5/c1-17-9-4-2-8(3-5-9)14-6-10(19-12(14)16)7-18-11(13)15/h2-5,10H,6-7H2,1H3,(H2,13,15). The van der Waals surface area contributed by atoms with Crippen LogP contribution in [0.5, 0.6) is 5.75 Å². The van der Waals surface area contributed by atoms with Crippen LogP contribution in [0, 0.1) is 0 Å². The minimum atomic E-state index is -0.890. The molecule has 0 radical (unpaired) electrons. The fourth-order valence-corrected chi connectivity index (χ4v) is 1.76. The molecule has 0 aromatic heterocycles. The molecule has 0 spiro atoms. The lowest BCUT2D eigenvalue weighted by atomic mass is 10.2. The number of anilines is 1. The van der Waals surface area contributed by atoms with Gasteiger partial charge in [0.15, 0.2) is 6.10 Å². The third kappa shape index (κ3) is 3.06. The summed E-state index contributed by atoms with van der Waals surface area (Å²) in [4.78, 5) is 23.6. The monoisotopic (exact) mass is 266 g/mol. The maximum absolute atomic E-state index is 11.7. The highest BCUT2D eigenvalue weighted by atomic mass is 16.6. The maximum Gasteiger partial charge on any atom is 0.414 e. The zero-order chi connectivity index (χ0) is 13.8. The molecular formula is C12H14N2O5. The SMILES string of the molecule is COc1ccc(N2CC(COC(N)=O)OC2=O)cc1. The molecule has 2 rings (SSSR count). The second kappa shape index (κ2) is 5.47. The van der Waals surface area contributed by atoms with Crippen molar-refractivity contribution in [3.05, 3.63) is 24.3 Å². The summed E-state index contributed by atoms with van der Waals surface area (Å²) in [6, 6.07) is 6.99. The Morgan fingerprint density at radius 1 is 1.47 bits per heavy atom. The van der Waals surface area contributed by atoms with Crippen molar-refractivity contribution in [3.63, 3.8) is 0 Å². The number of ether oxygens (including phenoxy) is 3. The van der Waals surface area contributed by atoms with E-state index in [4.69, 9.17) is 15.2 Å². The molecule has 1 aromatic carbocycles. The van der Waals surface area contributed by atoms with Gasteiger partial charge in [0, 0.05) is 5.69 Å². The Morgan fingerprint density at radius 2 is 2.16 bits per heavy atom. The predicted octanol–water partition coefficient (Wildman–Crippen LogP) is 1.12. The number of methoxy groups -OCH3 is 1. The molecule has 19 heavy (non-hydrogen) atoms. The quantitative estimate of drug-likeness (QED) is 0.881. The normalized spacial score (nSPS) is 18.1. The highest BCUT2D eigenvalue weighted by molar-refractivity contribution is 5.89. The Morgan fingerprint density at radius 3 is 2.74 bits per heavy atom. The maximum atomic E-state index is 11.7. The highest BCUT2D eigenvalue weighted by Gasteiger charge is 2.33. The molecule has 1 fully saturated rings. The van der Waals surface area contributed by atoms with Crippen LogP contribution < -0.4 is 15.4 Å². The smallest absolute Gasteiger partial charge is 0.414 e. The van der Waals surface area contributed by atoms with E-state index in [1.165, 1.54) is 4.90 Å². The number of hydrogen-bond acceptors (Lipinski definition) is 5. The van der Waals surface area contributed by atoms with Gasteiger partial charge in [-0.05, 0) is 24.3 Å². The minimum Gasteiger partial charge on any atom is -0.497 e. The van der Waals surface area contributed by atoms with Crippen LogP contribution in [0.25, 0.3) is 0 Å². The third-order valence-electron chi connectivity index (χ3n) is 2.67. The van der Waals surface area contributed by atoms with E-state index < -0.39 is 18.3 Å². The molecular weight excluding hydrogens is 252 g/mol. The predicted molar refractivity (Wildman–Crippen MR) is 66.1 cm³/mol. The van der Waals surface area contributed by atoms with Gasteiger partial charge in [-0.15, -0.1) is 0 Å². The van der Waals surface area contributed by atoms with Crippen molar-refractivity contribution in [1.29, 1.82) is 0 Å². The largest absolute Gasteiger partial charge is 0.497 e. The molecule has 2 amide bonds. The molecule has 1 heterocycles. The van der Waals surface area contributed by atoms with E-state index in [9.17, 15) is 9.59 Å². The van der Waals surface area contributed by atoms with Crippen LogP contribution in [0.1, 0.15) is 0 Å². The highest BCUT2D eigenvalue weighted by Crippen LogP contribution is 2.24. The molecule has 0 bridgehead atoms. The van der Waals surface area contributed by atoms with Gasteiger partial charge < -0.3 is 19.9 Å². The van der Waals surface area contributed by atoms with Gasteiger partial charge in [0.1, 0.15) is 12.4 Å². The number of rotatable bonds is 4. The van der Waals surface area contributed by atoms with Gasteiger partial charge in [0.05, 0.1) is 13.7 Å². The summed E-state index contributed by atoms with van der Waals surface area (Å²) < 4.78 is 14.7. The van der Waals surface area contributed by atoms with Crippen LogP contribution >= 0.6 is 0 Å². The lowest BCUT2D eigenvalue weighted by Gasteiger charge is -2.13. The summed E-state index contributed by atoms with van der Waals surface area (Å²) in [5, 5.41) is 0. The number of benzene rings is 1. The van der Waals surface area contributed by atoms with Crippen molar-refractivity contribution in [2.24, 2.45) is 5.73 Å². The molecule has 2 N–H and O–H groups in total. The van der Waals surface area contributed by atoms with Gasteiger partial charge in [-0.3, -0.25) is 4.90 Å². The third-order valence-corrected chi connectivity index (χ3v) is 2.67. The number of nitrogens with two attached hydrogens (primary N) is 1. The molecule has 1 unspecified atom stereocenters. The molecule has 7 nitrogen and oxygen atoms in total. The van der Waals surface area contributed by atoms with Gasteiger partial charge in [-0.1, -0.05) is 0 Å². The molecule has 1 atom stereocenters. The van der Waals surface area contributed by atoms with Crippen molar-refractivity contribution >= 4 is 17.9 Å². The van der Waals surface area contributed by atoms with Crippen LogP contribution in [-0.2, 0) is 9.47 Å². The first-order valence-electron chi connectivity index (χ1n) is 5.64. The lowest BCUT2D eigenvalue weighted by molar-refractivity contribution is 0.0779. The second-order valence-electron chi connectivity index (χ2n) is 3.94. The summed E-state index contributed by atoms with van der Waals surface area (Å²) >= 11 is 0. The molecule has 1 aliphatic heterocycles. The fraction of sp³-hybridized carbons (Fsp3) is 0.333. The number of cyclic esters (lactones) is 1. The van der Waals surface area contributed by atoms with Gasteiger partial charge in [0.25, 0.3) is 0 Å². The topological polar surface area (TPSA) is 91.1 Å². The number of hydrogen-bond donors (Lipinski definition) is 1. The number of primary amides is 1. The van der Waals surface area contributed by atoms with Gasteiger partial charge in [0.2, 0.25) is 0 Å². The summed E-state index contributed by atoms with van der Waals surface area (Å²) in [5.41, 5.74) is 5.54. The Hall–Kier alpha value is -2.44. The second-order valence-corrected chi connectivity index (χ2v) is 3.94. The lowest BCUT2D eigenvalue weighted by Crippen LogP contribution is -2.27. The van der Waals surface area contributed by atoms with Crippen LogP contribution in [-0.4, -0.2) is 38.6 Å². The van der Waals surface area contributed by atoms with Crippen molar-refractivity contribution < 1.29 is 23.8 Å². The van der Waals surface area contributed by atoms with E-state index in [-0.39, 0.29) is 6.61 Å². The summed E-state index contributed by atoms with van der Waals surface area (Å²) in [7, 11) is 1.57. The number of carbonyl (C=O) groups excluding carboxylic acids is 2. The fourth-order valence-electron chi connectivity index (χ4n) is 1.76. The van der Waals surface area contributed by atoms with Gasteiger partial charge in [-0.25, -0.2) is 9.59 Å². The summed E-state index contributed by atoms with van der Waals surface area (Å²) in [6.07, 6.45) is -1.88. The van der Waals surface area contributed by atoms with E-state index in [1.807, 2.05) is 0 Å². The first kappa shape index (κ1) is 13.0. The molecule has 1 aromatic rings. The molecule has 102 valence electrons. The Kier molecular flexibility index (Phi) is 3.74. The minimum absolute atomic E-state index is 0.0479. The van der Waals surface area contributed by atoms with Crippen LogP contribution in [0.2, 0.25) is 0 Å². The van der Waals surface area contributed by atoms with E-state index in [2.05, 4.69) is 4.74 Å². The van der Waals surface area contributed by atoms with Crippen molar-refractivity contribution in [2.45, 2.75) is 6.10 Å². The first-order valence-corrected chi connectivity index (χ1v) is 5.64. The van der Waals surface area contributed by atoms with Gasteiger partial charge >= 0.3 is 12.2 Å². The van der Waals surface area contributed by atoms with Gasteiger partial charge in [-0.2, -0.15) is 0 Å². The number of amides is 2. The molecule has 7 heteroatoms. The molecule has 1 saturated heterocycles. The van der Waals surface area contributed by atoms with Crippen molar-refractivity contribution in [2.75, 3.05) is 25.2 Å². The summed E-state index contributed by atoms with van der Waals surface area (Å²) in [6.45, 7) is 0.256. The van der Waals surface area contributed by atoms with Crippen molar-refractivity contribution in [3.8, 4) is 5.75 Å². The Balaban J connectivity index is 2.00. The zero-order valence-electron chi connectivity index (χ0n) is 10.4. The van der Waals surface area contributed by atoms with E-state index in [0.29, 0.717) is 18.0 Å². The number of nitrogens with zero attached hydrogens (tertiary/aromatic N) is 1. The van der Waals surface area contributed by atoms with Crippen molar-refractivity contribution in [1.82, 2.24) is 0 Å². The molecule has 0 saturated carbocycles. The number of carbonyl (C=O) groups is 2. The Bertz CT molecular complexity index is 474. The van der Waals surface area contributed by atoms with E-state index >= 15 is 0 Å². The first-order chi connectivity index (χ1) is 9.10. The van der Waals surface area contributed by atoms with E-state index in [1.54, 1.807) is 31.4 Å². The van der Waals surface area contributed by atoms with E-state index in [0.717, 1.165) is 0 Å². The summed E-state index contributed by atoms with van der Waals surface area (Å²) in [5.74, 6) is 0.699. The zero-order valence-corrected chi connectivity index (χ0v) is 10.4.